The largest absolute Gasteiger partial charge is 0.339 e. The van der Waals surface area contributed by atoms with E-state index in [1.807, 2.05) is 4.90 Å². The van der Waals surface area contributed by atoms with Crippen LogP contribution in [-0.2, 0) is 14.3 Å². The molecular weight excluding hydrogens is 436 g/mol. The maximum Gasteiger partial charge on any atom is 0.257 e. The molecule has 2 saturated heterocycles. The number of likely N-dealkylation sites (tertiary alicyclic amines) is 1. The van der Waals surface area contributed by atoms with Gasteiger partial charge in [-0.1, -0.05) is 71.1 Å². The normalized spacial score (nSPS) is 26.5. The zero-order valence-corrected chi connectivity index (χ0v) is 23.8. The smallest absolute Gasteiger partial charge is 0.257 e. The Bertz CT molecular complexity index is 699. The molecule has 5 heteroatoms. The van der Waals surface area contributed by atoms with Crippen LogP contribution in [0.25, 0.3) is 0 Å². The van der Waals surface area contributed by atoms with Gasteiger partial charge < -0.3 is 14.5 Å². The van der Waals surface area contributed by atoms with Crippen LogP contribution in [0, 0.1) is 0 Å². The second kappa shape index (κ2) is 11.5. The van der Waals surface area contributed by atoms with Crippen molar-refractivity contribution in [2.75, 3.05) is 6.54 Å². The molecule has 0 bridgehead atoms. The first kappa shape index (κ1) is 28.5. The van der Waals surface area contributed by atoms with E-state index in [4.69, 9.17) is 4.74 Å². The summed E-state index contributed by atoms with van der Waals surface area (Å²) in [6, 6.07) is 0. The van der Waals surface area contributed by atoms with Crippen LogP contribution < -0.4 is 0 Å². The van der Waals surface area contributed by atoms with Crippen LogP contribution in [0.5, 0.6) is 0 Å². The Labute approximate surface area is 215 Å². The highest BCUT2D eigenvalue weighted by Gasteiger charge is 2.66. The number of nitrogens with zero attached hydrogens (tertiary/aromatic N) is 2. The Kier molecular flexibility index (Phi) is 9.37. The minimum Gasteiger partial charge on any atom is -0.339 e. The molecule has 0 radical (unpaired) electrons. The molecule has 0 aromatic carbocycles. The summed E-state index contributed by atoms with van der Waals surface area (Å²) in [5, 5.41) is 0. The summed E-state index contributed by atoms with van der Waals surface area (Å²) < 4.78 is 7.24. The van der Waals surface area contributed by atoms with Crippen LogP contribution in [-0.4, -0.2) is 50.6 Å². The average molecular weight is 491 g/mol. The summed E-state index contributed by atoms with van der Waals surface area (Å²) in [5.74, 6) is 0.280. The van der Waals surface area contributed by atoms with E-state index in [9.17, 15) is 9.59 Å². The lowest BCUT2D eigenvalue weighted by Gasteiger charge is -2.57. The zero-order valence-electron chi connectivity index (χ0n) is 23.8. The third-order valence-corrected chi connectivity index (χ3v) is 8.84. The topological polar surface area (TPSA) is 49.9 Å². The van der Waals surface area contributed by atoms with Crippen LogP contribution in [0.15, 0.2) is 0 Å². The number of piperidine rings is 1. The fraction of sp³-hybridized carbons (Fsp3) is 0.933. The molecule has 35 heavy (non-hydrogen) atoms. The highest BCUT2D eigenvalue weighted by atomic mass is 16.6. The van der Waals surface area contributed by atoms with Crippen molar-refractivity contribution in [2.24, 2.45) is 0 Å². The molecule has 202 valence electrons. The predicted molar refractivity (Wildman–Crippen MR) is 143 cm³/mol. The lowest BCUT2D eigenvalue weighted by Crippen LogP contribution is -2.68. The Hall–Kier alpha value is -1.10. The Balaban J connectivity index is 1.95. The van der Waals surface area contributed by atoms with Gasteiger partial charge in [0.05, 0.1) is 0 Å². The molecule has 2 spiro atoms. The first-order valence-electron chi connectivity index (χ1n) is 14.8. The number of ether oxygens (including phenoxy) is 1. The highest BCUT2D eigenvalue weighted by molar-refractivity contribution is 5.89. The second-order valence-electron chi connectivity index (χ2n) is 13.1. The van der Waals surface area contributed by atoms with E-state index >= 15 is 0 Å². The Morgan fingerprint density at radius 2 is 1.29 bits per heavy atom. The van der Waals surface area contributed by atoms with Gasteiger partial charge in [0.2, 0.25) is 5.91 Å². The Morgan fingerprint density at radius 3 is 1.74 bits per heavy atom. The van der Waals surface area contributed by atoms with Crippen molar-refractivity contribution in [1.82, 2.24) is 9.80 Å². The van der Waals surface area contributed by atoms with E-state index < -0.39 is 22.4 Å². The summed E-state index contributed by atoms with van der Waals surface area (Å²) in [7, 11) is 0. The van der Waals surface area contributed by atoms with Gasteiger partial charge >= 0.3 is 0 Å². The molecule has 0 atom stereocenters. The van der Waals surface area contributed by atoms with Crippen molar-refractivity contribution in [3.05, 3.63) is 0 Å². The van der Waals surface area contributed by atoms with Gasteiger partial charge in [-0.05, 0) is 59.8 Å². The number of carbonyl (C=O) groups excluding carboxylic acids is 2. The van der Waals surface area contributed by atoms with Crippen LogP contribution in [0.1, 0.15) is 151 Å². The van der Waals surface area contributed by atoms with Crippen molar-refractivity contribution in [3.8, 4) is 0 Å². The van der Waals surface area contributed by atoms with E-state index in [1.54, 1.807) is 6.92 Å². The first-order valence-corrected chi connectivity index (χ1v) is 14.8. The van der Waals surface area contributed by atoms with Crippen LogP contribution in [0.2, 0.25) is 0 Å². The number of hydrogen-bond acceptors (Lipinski definition) is 3. The summed E-state index contributed by atoms with van der Waals surface area (Å²) in [6.07, 6.45) is 19.0. The number of carbonyl (C=O) groups is 2. The number of amides is 2. The van der Waals surface area contributed by atoms with Crippen LogP contribution >= 0.6 is 0 Å². The van der Waals surface area contributed by atoms with Gasteiger partial charge in [0, 0.05) is 37.4 Å². The number of hydrogen-bond donors (Lipinski definition) is 0. The lowest BCUT2D eigenvalue weighted by atomic mass is 9.70. The highest BCUT2D eigenvalue weighted by Crippen LogP contribution is 2.53. The fourth-order valence-electron chi connectivity index (χ4n) is 7.95. The second-order valence-corrected chi connectivity index (χ2v) is 13.1. The molecule has 0 aromatic heterocycles. The monoisotopic (exact) mass is 490 g/mol. The molecule has 1 saturated carbocycles. The molecule has 0 aromatic rings. The van der Waals surface area contributed by atoms with Gasteiger partial charge in [-0.2, -0.15) is 0 Å². The molecule has 0 unspecified atom stereocenters. The van der Waals surface area contributed by atoms with Gasteiger partial charge in [0.15, 0.2) is 5.60 Å². The molecule has 2 aliphatic heterocycles. The van der Waals surface area contributed by atoms with E-state index in [0.717, 1.165) is 38.6 Å². The van der Waals surface area contributed by atoms with Crippen molar-refractivity contribution >= 4 is 11.8 Å². The fourth-order valence-corrected chi connectivity index (χ4v) is 7.95. The molecule has 2 amide bonds. The van der Waals surface area contributed by atoms with Crippen molar-refractivity contribution < 1.29 is 14.3 Å². The summed E-state index contributed by atoms with van der Waals surface area (Å²) in [4.78, 5) is 31.3. The standard InChI is InChI=1S/C30H54N2O3/c1-7-8-9-19-22-31-26(34)29(23-27(3,4)32(25(2)33)28(5,6)24-29)35-30(31)20-17-15-13-11-10-12-14-16-18-21-30/h7-24H2,1-6H3. The molecule has 3 rings (SSSR count). The predicted octanol–water partition coefficient (Wildman–Crippen LogP) is 7.36. The van der Waals surface area contributed by atoms with E-state index in [0.29, 0.717) is 12.8 Å². The zero-order chi connectivity index (χ0) is 25.7. The van der Waals surface area contributed by atoms with E-state index in [2.05, 4.69) is 39.5 Å². The SMILES string of the molecule is CCCCCCN1C(=O)C2(CC(C)(C)N(C(C)=O)C(C)(C)C2)OC12CCCCCCCCCCC2. The quantitative estimate of drug-likeness (QED) is 0.378. The molecule has 5 nitrogen and oxygen atoms in total. The first-order chi connectivity index (χ1) is 16.5. The Morgan fingerprint density at radius 1 is 0.800 bits per heavy atom. The van der Waals surface area contributed by atoms with Gasteiger partial charge in [0.25, 0.3) is 5.91 Å². The van der Waals surface area contributed by atoms with Crippen LogP contribution in [0.3, 0.4) is 0 Å². The molecular formula is C30H54N2O3. The van der Waals surface area contributed by atoms with Crippen LogP contribution in [0.4, 0.5) is 0 Å². The molecule has 1 aliphatic carbocycles. The van der Waals surface area contributed by atoms with Gasteiger partial charge in [0.1, 0.15) is 5.72 Å². The summed E-state index contributed by atoms with van der Waals surface area (Å²) in [5.41, 5.74) is -2.18. The lowest BCUT2D eigenvalue weighted by molar-refractivity contribution is -0.201. The van der Waals surface area contributed by atoms with E-state index in [-0.39, 0.29) is 11.8 Å². The molecule has 2 heterocycles. The number of unbranched alkanes of at least 4 members (excludes halogenated alkanes) is 3. The summed E-state index contributed by atoms with van der Waals surface area (Å²) in [6.45, 7) is 13.2. The minimum atomic E-state index is -0.833. The van der Waals surface area contributed by atoms with Gasteiger partial charge in [-0.25, -0.2) is 0 Å². The molecule has 3 fully saturated rings. The summed E-state index contributed by atoms with van der Waals surface area (Å²) >= 11 is 0. The molecule has 3 aliphatic rings. The van der Waals surface area contributed by atoms with Crippen molar-refractivity contribution in [1.29, 1.82) is 0 Å². The third kappa shape index (κ3) is 6.25. The third-order valence-electron chi connectivity index (χ3n) is 8.84. The van der Waals surface area contributed by atoms with Crippen molar-refractivity contribution in [2.45, 2.75) is 173 Å². The number of rotatable bonds is 5. The van der Waals surface area contributed by atoms with Gasteiger partial charge in [-0.3, -0.25) is 9.59 Å². The maximum absolute atomic E-state index is 14.4. The maximum atomic E-state index is 14.4. The molecule has 0 N–H and O–H groups in total. The van der Waals surface area contributed by atoms with E-state index in [1.165, 1.54) is 64.2 Å². The van der Waals surface area contributed by atoms with Crippen molar-refractivity contribution in [3.63, 3.8) is 0 Å². The minimum absolute atomic E-state index is 0.0810. The average Bonchev–Trinajstić information content (AvgIpc) is 2.93. The van der Waals surface area contributed by atoms with Gasteiger partial charge in [-0.15, -0.1) is 0 Å².